The normalized spacial score (nSPS) is 20.9. The van der Waals surface area contributed by atoms with Crippen LogP contribution in [-0.4, -0.2) is 42.2 Å². The molecule has 0 aliphatic carbocycles. The van der Waals surface area contributed by atoms with E-state index in [1.165, 1.54) is 16.4 Å². The van der Waals surface area contributed by atoms with Crippen molar-refractivity contribution in [1.29, 1.82) is 0 Å². The SMILES string of the molecule is CC1CCC(C(=O)O)CN1S(=O)(=O)c1ccccc1C(=O)c1ccccc1. The lowest BCUT2D eigenvalue weighted by atomic mass is 9.96. The van der Waals surface area contributed by atoms with Gasteiger partial charge in [-0.05, 0) is 31.9 Å². The van der Waals surface area contributed by atoms with Gasteiger partial charge in [0.15, 0.2) is 5.78 Å². The van der Waals surface area contributed by atoms with Gasteiger partial charge in [0, 0.05) is 23.7 Å². The first-order valence-corrected chi connectivity index (χ1v) is 10.2. The van der Waals surface area contributed by atoms with Gasteiger partial charge >= 0.3 is 5.97 Å². The van der Waals surface area contributed by atoms with Crippen LogP contribution in [0.4, 0.5) is 0 Å². The molecule has 142 valence electrons. The lowest BCUT2D eigenvalue weighted by Crippen LogP contribution is -2.47. The quantitative estimate of drug-likeness (QED) is 0.797. The van der Waals surface area contributed by atoms with Crippen molar-refractivity contribution in [2.75, 3.05) is 6.54 Å². The van der Waals surface area contributed by atoms with E-state index in [-0.39, 0.29) is 28.8 Å². The number of carbonyl (C=O) groups excluding carboxylic acids is 1. The number of carbonyl (C=O) groups is 2. The van der Waals surface area contributed by atoms with Crippen LogP contribution in [0.5, 0.6) is 0 Å². The van der Waals surface area contributed by atoms with Crippen molar-refractivity contribution in [3.63, 3.8) is 0 Å². The van der Waals surface area contributed by atoms with Crippen molar-refractivity contribution >= 4 is 21.8 Å². The molecular weight excluding hydrogens is 366 g/mol. The number of hydrogen-bond donors (Lipinski definition) is 1. The number of carboxylic acid groups (broad SMARTS) is 1. The third-order valence-corrected chi connectivity index (χ3v) is 6.97. The van der Waals surface area contributed by atoms with Crippen LogP contribution in [0.25, 0.3) is 0 Å². The highest BCUT2D eigenvalue weighted by Crippen LogP contribution is 2.30. The van der Waals surface area contributed by atoms with Crippen LogP contribution in [0.3, 0.4) is 0 Å². The van der Waals surface area contributed by atoms with E-state index >= 15 is 0 Å². The molecule has 0 radical (unpaired) electrons. The van der Waals surface area contributed by atoms with Crippen molar-refractivity contribution in [3.8, 4) is 0 Å². The summed E-state index contributed by atoms with van der Waals surface area (Å²) in [6.07, 6.45) is 0.901. The minimum Gasteiger partial charge on any atom is -0.481 e. The number of sulfonamides is 1. The fraction of sp³-hybridized carbons (Fsp3) is 0.300. The van der Waals surface area contributed by atoms with Crippen LogP contribution >= 0.6 is 0 Å². The van der Waals surface area contributed by atoms with E-state index in [4.69, 9.17) is 0 Å². The van der Waals surface area contributed by atoms with Crippen LogP contribution in [0.15, 0.2) is 59.5 Å². The molecule has 0 aromatic heterocycles. The summed E-state index contributed by atoms with van der Waals surface area (Å²) >= 11 is 0. The Morgan fingerprint density at radius 2 is 1.63 bits per heavy atom. The molecule has 3 rings (SSSR count). The molecule has 1 N–H and O–H groups in total. The topological polar surface area (TPSA) is 91.8 Å². The minimum absolute atomic E-state index is 0.0864. The highest BCUT2D eigenvalue weighted by molar-refractivity contribution is 7.89. The lowest BCUT2D eigenvalue weighted by molar-refractivity contribution is -0.143. The van der Waals surface area contributed by atoms with Gasteiger partial charge in [-0.25, -0.2) is 8.42 Å². The van der Waals surface area contributed by atoms with E-state index in [2.05, 4.69) is 0 Å². The number of ketones is 1. The summed E-state index contributed by atoms with van der Waals surface area (Å²) in [7, 11) is -4.01. The number of benzene rings is 2. The standard InChI is InChI=1S/C20H21NO5S/c1-14-11-12-16(20(23)24)13-21(14)27(25,26)18-10-6-5-9-17(18)19(22)15-7-3-2-4-8-15/h2-10,14,16H,11-13H2,1H3,(H,23,24). The first-order chi connectivity index (χ1) is 12.8. The molecule has 0 saturated carbocycles. The Hall–Kier alpha value is -2.51. The predicted octanol–water partition coefficient (Wildman–Crippen LogP) is 2.79. The molecule has 1 aliphatic heterocycles. The second kappa shape index (κ2) is 7.62. The van der Waals surface area contributed by atoms with Crippen molar-refractivity contribution in [1.82, 2.24) is 4.31 Å². The summed E-state index contributed by atoms with van der Waals surface area (Å²) in [5, 5.41) is 9.29. The molecule has 2 aromatic carbocycles. The zero-order chi connectivity index (χ0) is 19.6. The van der Waals surface area contributed by atoms with Crippen molar-refractivity contribution in [3.05, 3.63) is 65.7 Å². The molecule has 6 nitrogen and oxygen atoms in total. The molecule has 2 unspecified atom stereocenters. The molecule has 1 heterocycles. The largest absolute Gasteiger partial charge is 0.481 e. The fourth-order valence-electron chi connectivity index (χ4n) is 3.36. The van der Waals surface area contributed by atoms with Gasteiger partial charge in [-0.1, -0.05) is 42.5 Å². The number of nitrogens with zero attached hydrogens (tertiary/aromatic N) is 1. The summed E-state index contributed by atoms with van der Waals surface area (Å²) in [6.45, 7) is 1.67. The molecule has 27 heavy (non-hydrogen) atoms. The zero-order valence-electron chi connectivity index (χ0n) is 14.9. The average Bonchev–Trinajstić information content (AvgIpc) is 2.68. The highest BCUT2D eigenvalue weighted by Gasteiger charge is 2.38. The fourth-order valence-corrected chi connectivity index (χ4v) is 5.26. The number of hydrogen-bond acceptors (Lipinski definition) is 4. The third kappa shape index (κ3) is 3.79. The van der Waals surface area contributed by atoms with Gasteiger partial charge in [0.25, 0.3) is 0 Å². The van der Waals surface area contributed by atoms with Crippen LogP contribution in [0.2, 0.25) is 0 Å². The number of rotatable bonds is 5. The monoisotopic (exact) mass is 387 g/mol. The Balaban J connectivity index is 2.03. The summed E-state index contributed by atoms with van der Waals surface area (Å²) < 4.78 is 27.8. The second-order valence-electron chi connectivity index (χ2n) is 6.73. The smallest absolute Gasteiger partial charge is 0.307 e. The van der Waals surface area contributed by atoms with Gasteiger partial charge in [-0.15, -0.1) is 0 Å². The van der Waals surface area contributed by atoms with Crippen LogP contribution in [-0.2, 0) is 14.8 Å². The molecule has 2 aromatic rings. The lowest BCUT2D eigenvalue weighted by Gasteiger charge is -2.35. The molecular formula is C20H21NO5S. The molecule has 0 spiro atoms. The van der Waals surface area contributed by atoms with Gasteiger partial charge in [0.1, 0.15) is 0 Å². The number of aliphatic carboxylic acids is 1. The van der Waals surface area contributed by atoms with E-state index < -0.39 is 21.9 Å². The summed E-state index contributed by atoms with van der Waals surface area (Å²) in [5.41, 5.74) is 0.489. The maximum Gasteiger partial charge on any atom is 0.307 e. The molecule has 2 atom stereocenters. The van der Waals surface area contributed by atoms with Gasteiger partial charge in [0.2, 0.25) is 10.0 Å². The summed E-state index contributed by atoms with van der Waals surface area (Å²) in [5.74, 6) is -2.13. The molecule has 7 heteroatoms. The van der Waals surface area contributed by atoms with Crippen LogP contribution < -0.4 is 0 Å². The van der Waals surface area contributed by atoms with E-state index in [0.29, 0.717) is 18.4 Å². The van der Waals surface area contributed by atoms with Crippen molar-refractivity contribution in [2.45, 2.75) is 30.7 Å². The molecule has 0 amide bonds. The second-order valence-corrected chi connectivity index (χ2v) is 8.59. The minimum atomic E-state index is -4.01. The van der Waals surface area contributed by atoms with Crippen LogP contribution in [0, 0.1) is 5.92 Å². The molecule has 1 saturated heterocycles. The summed E-state index contributed by atoms with van der Waals surface area (Å²) in [6, 6.07) is 14.2. The number of carboxylic acids is 1. The Kier molecular flexibility index (Phi) is 5.43. The Morgan fingerprint density at radius 3 is 2.30 bits per heavy atom. The third-order valence-electron chi connectivity index (χ3n) is 4.93. The zero-order valence-corrected chi connectivity index (χ0v) is 15.7. The summed E-state index contributed by atoms with van der Waals surface area (Å²) in [4.78, 5) is 24.1. The van der Waals surface area contributed by atoms with Crippen molar-refractivity contribution < 1.29 is 23.1 Å². The maximum atomic E-state index is 13.3. The highest BCUT2D eigenvalue weighted by atomic mass is 32.2. The van der Waals surface area contributed by atoms with Gasteiger partial charge in [0.05, 0.1) is 10.8 Å². The van der Waals surface area contributed by atoms with E-state index in [1.807, 2.05) is 0 Å². The first-order valence-electron chi connectivity index (χ1n) is 8.76. The Morgan fingerprint density at radius 1 is 1.00 bits per heavy atom. The molecule has 1 fully saturated rings. The van der Waals surface area contributed by atoms with Gasteiger partial charge < -0.3 is 5.11 Å². The number of piperidine rings is 1. The maximum absolute atomic E-state index is 13.3. The van der Waals surface area contributed by atoms with E-state index in [0.717, 1.165) is 0 Å². The van der Waals surface area contributed by atoms with Crippen LogP contribution in [0.1, 0.15) is 35.7 Å². The van der Waals surface area contributed by atoms with Gasteiger partial charge in [-0.3, -0.25) is 9.59 Å². The predicted molar refractivity (Wildman–Crippen MR) is 100 cm³/mol. The Bertz CT molecular complexity index is 955. The van der Waals surface area contributed by atoms with Gasteiger partial charge in [-0.2, -0.15) is 4.31 Å². The van der Waals surface area contributed by atoms with Crippen molar-refractivity contribution in [2.24, 2.45) is 5.92 Å². The molecule has 1 aliphatic rings. The van der Waals surface area contributed by atoms with E-state index in [1.54, 1.807) is 49.4 Å². The first kappa shape index (κ1) is 19.3. The average molecular weight is 387 g/mol. The Labute approximate surface area is 158 Å². The molecule has 0 bridgehead atoms. The van der Waals surface area contributed by atoms with E-state index in [9.17, 15) is 23.1 Å².